The summed E-state index contributed by atoms with van der Waals surface area (Å²) in [5.41, 5.74) is 2.25. The molecule has 34 heavy (non-hydrogen) atoms. The van der Waals surface area contributed by atoms with Crippen LogP contribution in [-0.2, 0) is 16.0 Å². The molecule has 0 aliphatic carbocycles. The zero-order chi connectivity index (χ0) is 24.2. The molecule has 0 saturated carbocycles. The van der Waals surface area contributed by atoms with Gasteiger partial charge in [-0.15, -0.1) is 0 Å². The van der Waals surface area contributed by atoms with Gasteiger partial charge in [-0.3, -0.25) is 9.59 Å². The maximum absolute atomic E-state index is 13.1. The lowest BCUT2D eigenvalue weighted by Gasteiger charge is -2.25. The fraction of sp³-hybridized carbons (Fsp3) is 0.185. The molecule has 1 unspecified atom stereocenters. The third kappa shape index (κ3) is 4.56. The number of carbonyl (C=O) groups is 2. The van der Waals surface area contributed by atoms with Gasteiger partial charge in [-0.05, 0) is 41.8 Å². The van der Waals surface area contributed by atoms with Gasteiger partial charge in [-0.25, -0.2) is 0 Å². The molecule has 1 aliphatic rings. The molecular formula is C27H24BrNO5. The van der Waals surface area contributed by atoms with Crippen LogP contribution in [0.3, 0.4) is 0 Å². The summed E-state index contributed by atoms with van der Waals surface area (Å²) in [6.07, 6.45) is 0.495. The molecule has 1 N–H and O–H groups in total. The molecule has 0 radical (unpaired) electrons. The molecule has 174 valence electrons. The number of ether oxygens (including phenoxy) is 2. The minimum Gasteiger partial charge on any atom is -0.507 e. The summed E-state index contributed by atoms with van der Waals surface area (Å²) in [6.45, 7) is 0.288. The minimum atomic E-state index is -0.693. The van der Waals surface area contributed by atoms with Crippen molar-refractivity contribution in [2.45, 2.75) is 12.5 Å². The number of rotatable bonds is 7. The number of aliphatic hydroxyl groups excluding tert-OH is 1. The van der Waals surface area contributed by atoms with Crippen LogP contribution in [0, 0.1) is 0 Å². The van der Waals surface area contributed by atoms with Crippen molar-refractivity contribution in [3.8, 4) is 11.5 Å². The first-order valence-corrected chi connectivity index (χ1v) is 11.5. The standard InChI is InChI=1S/C27H24BrNO5/c1-33-21-13-8-17(16-22(21)34-2)14-15-29-24(18-6-4-3-5-7-18)23(26(31)27(29)32)25(30)19-9-11-20(28)12-10-19/h3-13,16,24,30H,14-15H2,1-2H3/b25-23-. The number of benzene rings is 3. The Morgan fingerprint density at radius 2 is 1.62 bits per heavy atom. The predicted octanol–water partition coefficient (Wildman–Crippen LogP) is 5.13. The highest BCUT2D eigenvalue weighted by Gasteiger charge is 2.45. The van der Waals surface area contributed by atoms with Crippen LogP contribution < -0.4 is 9.47 Å². The van der Waals surface area contributed by atoms with Gasteiger partial charge in [-0.2, -0.15) is 0 Å². The number of hydrogen-bond donors (Lipinski definition) is 1. The van der Waals surface area contributed by atoms with E-state index >= 15 is 0 Å². The monoisotopic (exact) mass is 521 g/mol. The van der Waals surface area contributed by atoms with Crippen LogP contribution in [0.5, 0.6) is 11.5 Å². The highest BCUT2D eigenvalue weighted by atomic mass is 79.9. The molecule has 0 spiro atoms. The maximum Gasteiger partial charge on any atom is 0.295 e. The predicted molar refractivity (Wildman–Crippen MR) is 133 cm³/mol. The number of hydrogen-bond acceptors (Lipinski definition) is 5. The van der Waals surface area contributed by atoms with Crippen LogP contribution in [0.25, 0.3) is 5.76 Å². The van der Waals surface area contributed by atoms with E-state index in [9.17, 15) is 14.7 Å². The Bertz CT molecular complexity index is 1240. The number of methoxy groups -OCH3 is 2. The van der Waals surface area contributed by atoms with Crippen molar-refractivity contribution < 1.29 is 24.2 Å². The SMILES string of the molecule is COc1ccc(CCN2C(=O)C(=O)/C(=C(\O)c3ccc(Br)cc3)C2c2ccccc2)cc1OC. The number of nitrogens with zero attached hydrogens (tertiary/aromatic N) is 1. The van der Waals surface area contributed by atoms with Gasteiger partial charge in [0, 0.05) is 16.6 Å². The molecule has 4 rings (SSSR count). The van der Waals surface area contributed by atoms with Gasteiger partial charge < -0.3 is 19.5 Å². The molecule has 1 heterocycles. The number of aliphatic hydroxyl groups is 1. The third-order valence-corrected chi connectivity index (χ3v) is 6.39. The van der Waals surface area contributed by atoms with E-state index < -0.39 is 17.7 Å². The fourth-order valence-corrected chi connectivity index (χ4v) is 4.41. The Labute approximate surface area is 206 Å². The summed E-state index contributed by atoms with van der Waals surface area (Å²) in [7, 11) is 3.14. The summed E-state index contributed by atoms with van der Waals surface area (Å²) in [6, 6.07) is 21.1. The van der Waals surface area contributed by atoms with E-state index in [2.05, 4.69) is 15.9 Å². The molecule has 1 amide bonds. The zero-order valence-corrected chi connectivity index (χ0v) is 20.4. The second-order valence-electron chi connectivity index (χ2n) is 7.85. The van der Waals surface area contributed by atoms with E-state index in [0.717, 1.165) is 15.6 Å². The lowest BCUT2D eigenvalue weighted by atomic mass is 9.95. The highest BCUT2D eigenvalue weighted by Crippen LogP contribution is 2.39. The summed E-state index contributed by atoms with van der Waals surface area (Å²) in [4.78, 5) is 27.8. The van der Waals surface area contributed by atoms with Crippen molar-refractivity contribution in [2.24, 2.45) is 0 Å². The molecule has 1 fully saturated rings. The summed E-state index contributed by atoms with van der Waals surface area (Å²) in [5.74, 6) is -0.301. The van der Waals surface area contributed by atoms with Crippen LogP contribution >= 0.6 is 15.9 Å². The van der Waals surface area contributed by atoms with Crippen molar-refractivity contribution in [3.05, 3.63) is 99.5 Å². The van der Waals surface area contributed by atoms with Gasteiger partial charge in [-0.1, -0.05) is 64.5 Å². The zero-order valence-electron chi connectivity index (χ0n) is 18.8. The number of Topliss-reactive ketones (excluding diaryl/α,β-unsaturated/α-hetero) is 1. The van der Waals surface area contributed by atoms with Crippen molar-refractivity contribution in [3.63, 3.8) is 0 Å². The molecule has 0 aromatic heterocycles. The van der Waals surface area contributed by atoms with E-state index in [0.29, 0.717) is 23.5 Å². The summed E-state index contributed by atoms with van der Waals surface area (Å²) < 4.78 is 11.5. The number of carbonyl (C=O) groups excluding carboxylic acids is 2. The molecule has 1 atom stereocenters. The Kier molecular flexibility index (Phi) is 7.03. The van der Waals surface area contributed by atoms with Gasteiger partial charge in [0.2, 0.25) is 0 Å². The number of amides is 1. The Morgan fingerprint density at radius 3 is 2.26 bits per heavy atom. The van der Waals surface area contributed by atoms with Crippen LogP contribution in [0.1, 0.15) is 22.7 Å². The molecule has 1 saturated heterocycles. The van der Waals surface area contributed by atoms with E-state index in [1.807, 2.05) is 48.5 Å². The maximum atomic E-state index is 13.1. The second kappa shape index (κ2) is 10.1. The van der Waals surface area contributed by atoms with Gasteiger partial charge in [0.15, 0.2) is 11.5 Å². The average Bonchev–Trinajstić information content (AvgIpc) is 3.12. The van der Waals surface area contributed by atoms with Crippen LogP contribution in [0.4, 0.5) is 0 Å². The van der Waals surface area contributed by atoms with Gasteiger partial charge in [0.05, 0.1) is 25.8 Å². The smallest absolute Gasteiger partial charge is 0.295 e. The fourth-order valence-electron chi connectivity index (χ4n) is 4.14. The van der Waals surface area contributed by atoms with Crippen molar-refractivity contribution in [1.82, 2.24) is 4.90 Å². The van der Waals surface area contributed by atoms with Crippen molar-refractivity contribution >= 4 is 33.4 Å². The summed E-state index contributed by atoms with van der Waals surface area (Å²) >= 11 is 3.38. The normalized spacial score (nSPS) is 17.1. The molecule has 1 aliphatic heterocycles. The lowest BCUT2D eigenvalue weighted by molar-refractivity contribution is -0.139. The van der Waals surface area contributed by atoms with Gasteiger partial charge >= 0.3 is 0 Å². The molecule has 3 aromatic rings. The largest absolute Gasteiger partial charge is 0.507 e. The van der Waals surface area contributed by atoms with Gasteiger partial charge in [0.25, 0.3) is 11.7 Å². The topological polar surface area (TPSA) is 76.1 Å². The molecule has 0 bridgehead atoms. The Morgan fingerprint density at radius 1 is 0.941 bits per heavy atom. The molecule has 3 aromatic carbocycles. The average molecular weight is 522 g/mol. The van der Waals surface area contributed by atoms with Crippen LogP contribution in [-0.4, -0.2) is 42.5 Å². The number of halogens is 1. The van der Waals surface area contributed by atoms with Crippen LogP contribution in [0.15, 0.2) is 82.8 Å². The van der Waals surface area contributed by atoms with Gasteiger partial charge in [0.1, 0.15) is 5.76 Å². The highest BCUT2D eigenvalue weighted by molar-refractivity contribution is 9.10. The van der Waals surface area contributed by atoms with E-state index in [1.165, 1.54) is 4.90 Å². The van der Waals surface area contributed by atoms with E-state index in [1.54, 1.807) is 38.5 Å². The number of ketones is 1. The minimum absolute atomic E-state index is 0.0887. The summed E-state index contributed by atoms with van der Waals surface area (Å²) in [5, 5.41) is 11.1. The van der Waals surface area contributed by atoms with Crippen LogP contribution in [0.2, 0.25) is 0 Å². The second-order valence-corrected chi connectivity index (χ2v) is 8.77. The van der Waals surface area contributed by atoms with Crippen molar-refractivity contribution in [2.75, 3.05) is 20.8 Å². The molecular weight excluding hydrogens is 498 g/mol. The first kappa shape index (κ1) is 23.6. The first-order valence-electron chi connectivity index (χ1n) is 10.7. The van der Waals surface area contributed by atoms with E-state index in [-0.39, 0.29) is 17.9 Å². The quantitative estimate of drug-likeness (QED) is 0.265. The number of likely N-dealkylation sites (tertiary alicyclic amines) is 1. The Hall–Kier alpha value is -3.58. The lowest BCUT2D eigenvalue weighted by Crippen LogP contribution is -2.31. The first-order chi connectivity index (χ1) is 16.4. The third-order valence-electron chi connectivity index (χ3n) is 5.86. The molecule has 7 heteroatoms. The van der Waals surface area contributed by atoms with E-state index in [4.69, 9.17) is 9.47 Å². The molecule has 6 nitrogen and oxygen atoms in total. The van der Waals surface area contributed by atoms with Crippen molar-refractivity contribution in [1.29, 1.82) is 0 Å². The Balaban J connectivity index is 1.72.